The molecule has 2 N–H and O–H groups in total. The van der Waals surface area contributed by atoms with Crippen molar-refractivity contribution in [1.29, 1.82) is 0 Å². The number of rotatable bonds is 6. The van der Waals surface area contributed by atoms with Crippen LogP contribution < -0.4 is 5.43 Å². The summed E-state index contributed by atoms with van der Waals surface area (Å²) in [6.45, 7) is 3.98. The molecule has 0 saturated carbocycles. The Kier molecular flexibility index (Phi) is 5.69. The van der Waals surface area contributed by atoms with Crippen molar-refractivity contribution in [1.82, 2.24) is 5.43 Å². The minimum absolute atomic E-state index is 0.155. The number of carbonyl (C=O) groups excluding carboxylic acids is 1. The van der Waals surface area contributed by atoms with Gasteiger partial charge in [-0.3, -0.25) is 4.79 Å². The molecule has 142 valence electrons. The van der Waals surface area contributed by atoms with E-state index < -0.39 is 5.97 Å². The summed E-state index contributed by atoms with van der Waals surface area (Å²) in [6.07, 6.45) is 1.62. The summed E-state index contributed by atoms with van der Waals surface area (Å²) in [7, 11) is 0. The van der Waals surface area contributed by atoms with Gasteiger partial charge in [-0.25, -0.2) is 10.2 Å². The van der Waals surface area contributed by atoms with Crippen molar-refractivity contribution in [3.63, 3.8) is 0 Å². The van der Waals surface area contributed by atoms with E-state index in [0.717, 1.165) is 16.7 Å². The third kappa shape index (κ3) is 4.54. The number of nitrogens with zero attached hydrogens (tertiary/aromatic N) is 1. The maximum absolute atomic E-state index is 12.1. The number of carboxylic acids is 1. The molecule has 0 atom stereocenters. The molecule has 0 aliphatic rings. The van der Waals surface area contributed by atoms with Crippen LogP contribution in [-0.4, -0.2) is 23.2 Å². The lowest BCUT2D eigenvalue weighted by Gasteiger charge is -2.05. The molecule has 0 unspecified atom stereocenters. The first-order valence-electron chi connectivity index (χ1n) is 8.74. The third-order valence-electron chi connectivity index (χ3n) is 4.28. The molecule has 0 spiro atoms. The maximum atomic E-state index is 12.1. The summed E-state index contributed by atoms with van der Waals surface area (Å²) in [5.41, 5.74) is 6.27. The van der Waals surface area contributed by atoms with Gasteiger partial charge in [0.15, 0.2) is 0 Å². The van der Waals surface area contributed by atoms with E-state index in [0.29, 0.717) is 17.1 Å². The molecule has 0 saturated heterocycles. The molecule has 2 aromatic carbocycles. The van der Waals surface area contributed by atoms with E-state index in [9.17, 15) is 14.7 Å². The van der Waals surface area contributed by atoms with Crippen LogP contribution in [0.2, 0.25) is 0 Å². The second kappa shape index (κ2) is 8.35. The largest absolute Gasteiger partial charge is 0.478 e. The Hall–Kier alpha value is -3.67. The van der Waals surface area contributed by atoms with Crippen molar-refractivity contribution in [2.45, 2.75) is 20.3 Å². The normalized spacial score (nSPS) is 10.9. The molecule has 1 amide bonds. The van der Waals surface area contributed by atoms with E-state index in [2.05, 4.69) is 10.5 Å². The lowest BCUT2D eigenvalue weighted by atomic mass is 10.0. The molecule has 1 aromatic heterocycles. The fourth-order valence-electron chi connectivity index (χ4n) is 2.88. The van der Waals surface area contributed by atoms with Crippen molar-refractivity contribution >= 4 is 18.1 Å². The van der Waals surface area contributed by atoms with E-state index in [4.69, 9.17) is 4.42 Å². The number of hydrazone groups is 1. The standard InChI is InChI=1S/C22H20N2O4/c1-14-7-8-16(15(2)11-14)12-21(25)24-23-13-17-9-10-20(28-17)18-5-3-4-6-19(18)22(26)27/h3-11,13H,12H2,1-2H3,(H,24,25)(H,26,27)/b23-13+. The van der Waals surface area contributed by atoms with Gasteiger partial charge in [-0.2, -0.15) is 5.10 Å². The predicted molar refractivity (Wildman–Crippen MR) is 106 cm³/mol. The number of hydrogen-bond donors (Lipinski definition) is 2. The highest BCUT2D eigenvalue weighted by molar-refractivity contribution is 5.95. The smallest absolute Gasteiger partial charge is 0.336 e. The highest BCUT2D eigenvalue weighted by atomic mass is 16.4. The van der Waals surface area contributed by atoms with Crippen molar-refractivity contribution in [3.8, 4) is 11.3 Å². The number of benzene rings is 2. The topological polar surface area (TPSA) is 91.9 Å². The number of hydrogen-bond acceptors (Lipinski definition) is 4. The van der Waals surface area contributed by atoms with Crippen LogP contribution in [0.3, 0.4) is 0 Å². The van der Waals surface area contributed by atoms with Gasteiger partial charge in [0.25, 0.3) is 0 Å². The number of furan rings is 1. The Bertz CT molecular complexity index is 1050. The molecule has 6 nitrogen and oxygen atoms in total. The Balaban J connectivity index is 1.64. The number of aryl methyl sites for hydroxylation is 2. The fourth-order valence-corrected chi connectivity index (χ4v) is 2.88. The monoisotopic (exact) mass is 376 g/mol. The van der Waals surface area contributed by atoms with E-state index in [1.807, 2.05) is 32.0 Å². The molecule has 3 rings (SSSR count). The summed E-state index contributed by atoms with van der Waals surface area (Å²) < 4.78 is 5.63. The lowest BCUT2D eigenvalue weighted by molar-refractivity contribution is -0.120. The van der Waals surface area contributed by atoms with Crippen LogP contribution in [-0.2, 0) is 11.2 Å². The van der Waals surface area contributed by atoms with Crippen LogP contribution in [0.25, 0.3) is 11.3 Å². The number of aromatic carboxylic acids is 1. The highest BCUT2D eigenvalue weighted by Gasteiger charge is 2.13. The summed E-state index contributed by atoms with van der Waals surface area (Å²) in [4.78, 5) is 23.4. The average molecular weight is 376 g/mol. The molecule has 0 fully saturated rings. The maximum Gasteiger partial charge on any atom is 0.336 e. The van der Waals surface area contributed by atoms with Gasteiger partial charge < -0.3 is 9.52 Å². The second-order valence-corrected chi connectivity index (χ2v) is 6.45. The zero-order valence-corrected chi connectivity index (χ0v) is 15.6. The summed E-state index contributed by atoms with van der Waals surface area (Å²) in [5, 5.41) is 13.2. The summed E-state index contributed by atoms with van der Waals surface area (Å²) in [6, 6.07) is 15.9. The van der Waals surface area contributed by atoms with Gasteiger partial charge in [0.2, 0.25) is 5.91 Å². The Morgan fingerprint density at radius 1 is 1.11 bits per heavy atom. The summed E-state index contributed by atoms with van der Waals surface area (Å²) in [5.74, 6) is -0.435. The van der Waals surface area contributed by atoms with Crippen LogP contribution in [0, 0.1) is 13.8 Å². The SMILES string of the molecule is Cc1ccc(CC(=O)N/N=C/c2ccc(-c3ccccc3C(=O)O)o2)c(C)c1. The van der Waals surface area contributed by atoms with Crippen LogP contribution in [0.4, 0.5) is 0 Å². The van der Waals surface area contributed by atoms with E-state index >= 15 is 0 Å². The molecule has 6 heteroatoms. The van der Waals surface area contributed by atoms with Crippen LogP contribution >= 0.6 is 0 Å². The Labute approximate surface area is 162 Å². The van der Waals surface area contributed by atoms with Gasteiger partial charge >= 0.3 is 5.97 Å². The van der Waals surface area contributed by atoms with Gasteiger partial charge in [-0.1, -0.05) is 42.0 Å². The van der Waals surface area contributed by atoms with Crippen molar-refractivity contribution in [2.24, 2.45) is 5.10 Å². The quantitative estimate of drug-likeness (QED) is 0.503. The van der Waals surface area contributed by atoms with E-state index in [1.54, 1.807) is 30.3 Å². The van der Waals surface area contributed by atoms with Crippen molar-refractivity contribution < 1.29 is 19.1 Å². The molecular formula is C22H20N2O4. The highest BCUT2D eigenvalue weighted by Crippen LogP contribution is 2.25. The minimum atomic E-state index is -1.03. The van der Waals surface area contributed by atoms with E-state index in [-0.39, 0.29) is 17.9 Å². The first kappa shape index (κ1) is 19.1. The van der Waals surface area contributed by atoms with Crippen molar-refractivity contribution in [3.05, 3.63) is 82.6 Å². The zero-order valence-electron chi connectivity index (χ0n) is 15.6. The van der Waals surface area contributed by atoms with Gasteiger partial charge in [0.05, 0.1) is 18.2 Å². The molecule has 0 aliphatic carbocycles. The fraction of sp³-hybridized carbons (Fsp3) is 0.136. The van der Waals surface area contributed by atoms with Crippen LogP contribution in [0.5, 0.6) is 0 Å². The van der Waals surface area contributed by atoms with Crippen molar-refractivity contribution in [2.75, 3.05) is 0 Å². The Morgan fingerprint density at radius 2 is 1.89 bits per heavy atom. The molecule has 0 bridgehead atoms. The van der Waals surface area contributed by atoms with Gasteiger partial charge in [0.1, 0.15) is 11.5 Å². The zero-order chi connectivity index (χ0) is 20.1. The molecule has 28 heavy (non-hydrogen) atoms. The van der Waals surface area contributed by atoms with Crippen LogP contribution in [0.15, 0.2) is 64.1 Å². The van der Waals surface area contributed by atoms with Gasteiger partial charge in [-0.15, -0.1) is 0 Å². The Morgan fingerprint density at radius 3 is 2.64 bits per heavy atom. The molecule has 0 radical (unpaired) electrons. The number of nitrogens with one attached hydrogen (secondary N) is 1. The summed E-state index contributed by atoms with van der Waals surface area (Å²) >= 11 is 0. The number of amides is 1. The lowest BCUT2D eigenvalue weighted by Crippen LogP contribution is -2.20. The molecule has 0 aliphatic heterocycles. The van der Waals surface area contributed by atoms with Crippen LogP contribution in [0.1, 0.15) is 32.8 Å². The molecule has 3 aromatic rings. The molecule has 1 heterocycles. The predicted octanol–water partition coefficient (Wildman–Crippen LogP) is 3.95. The second-order valence-electron chi connectivity index (χ2n) is 6.45. The average Bonchev–Trinajstić information content (AvgIpc) is 3.13. The van der Waals surface area contributed by atoms with E-state index in [1.165, 1.54) is 12.3 Å². The number of carbonyl (C=O) groups is 2. The van der Waals surface area contributed by atoms with Gasteiger partial charge in [0, 0.05) is 5.56 Å². The molecular weight excluding hydrogens is 356 g/mol. The first-order valence-corrected chi connectivity index (χ1v) is 8.74. The number of carboxylic acid groups (broad SMARTS) is 1. The first-order chi connectivity index (χ1) is 13.4. The minimum Gasteiger partial charge on any atom is -0.478 e. The van der Waals surface area contributed by atoms with Gasteiger partial charge in [-0.05, 0) is 43.2 Å². The third-order valence-corrected chi connectivity index (χ3v) is 4.28.